The molecule has 0 radical (unpaired) electrons. The first-order valence-electron chi connectivity index (χ1n) is 12.1. The van der Waals surface area contributed by atoms with Gasteiger partial charge >= 0.3 is 0 Å². The first-order valence-corrected chi connectivity index (χ1v) is 13.9. The molecule has 2 aliphatic heterocycles. The number of hydrogen-bond donors (Lipinski definition) is 2. The van der Waals surface area contributed by atoms with Crippen LogP contribution in [0.2, 0.25) is 0 Å². The number of thiophene rings is 1. The number of aliphatic hydroxyl groups is 1. The quantitative estimate of drug-likeness (QED) is 0.484. The highest BCUT2D eigenvalue weighted by atomic mass is 32.1. The topological polar surface area (TPSA) is 68.7 Å². The average Bonchev–Trinajstić information content (AvgIpc) is 3.57. The van der Waals surface area contributed by atoms with Gasteiger partial charge < -0.3 is 20.2 Å². The maximum Gasteiger partial charge on any atom is 0.275 e. The van der Waals surface area contributed by atoms with Crippen LogP contribution >= 0.6 is 22.7 Å². The summed E-state index contributed by atoms with van der Waals surface area (Å²) in [7, 11) is 0. The van der Waals surface area contributed by atoms with Gasteiger partial charge in [-0.1, -0.05) is 25.1 Å². The number of anilines is 2. The molecule has 3 aromatic rings. The van der Waals surface area contributed by atoms with Gasteiger partial charge in [-0.25, -0.2) is 4.98 Å². The van der Waals surface area contributed by atoms with Gasteiger partial charge in [0.05, 0.1) is 22.9 Å². The molecular formula is C26H32N4O2S2. The van der Waals surface area contributed by atoms with E-state index >= 15 is 0 Å². The summed E-state index contributed by atoms with van der Waals surface area (Å²) in [6, 6.07) is 9.82. The van der Waals surface area contributed by atoms with Gasteiger partial charge in [0.2, 0.25) is 0 Å². The Bertz CT molecular complexity index is 1120. The molecule has 2 N–H and O–H groups in total. The lowest BCUT2D eigenvalue weighted by Gasteiger charge is -2.49. The number of benzene rings is 1. The van der Waals surface area contributed by atoms with Crippen molar-refractivity contribution in [2.24, 2.45) is 5.41 Å². The fourth-order valence-corrected chi connectivity index (χ4v) is 7.04. The van der Waals surface area contributed by atoms with Crippen LogP contribution in [0.5, 0.6) is 0 Å². The van der Waals surface area contributed by atoms with Crippen molar-refractivity contribution in [3.63, 3.8) is 0 Å². The zero-order valence-corrected chi connectivity index (χ0v) is 21.3. The highest BCUT2D eigenvalue weighted by molar-refractivity contribution is 7.20. The Morgan fingerprint density at radius 2 is 2.00 bits per heavy atom. The molecule has 0 aliphatic carbocycles. The van der Waals surface area contributed by atoms with Crippen LogP contribution in [0.1, 0.15) is 48.7 Å². The van der Waals surface area contributed by atoms with Gasteiger partial charge in [-0.3, -0.25) is 4.79 Å². The van der Waals surface area contributed by atoms with Crippen molar-refractivity contribution in [3.05, 3.63) is 52.3 Å². The van der Waals surface area contributed by atoms with Crippen LogP contribution in [0.3, 0.4) is 0 Å². The Labute approximate surface area is 209 Å². The SMILES string of the molecule is CCN1CCC2(CCCN(c3c(CO)cccc3NC(=O)c3csc(-c4cccs4)n3)C2)CC1. The summed E-state index contributed by atoms with van der Waals surface area (Å²) < 4.78 is 0. The number of aliphatic hydroxyl groups excluding tert-OH is 1. The summed E-state index contributed by atoms with van der Waals surface area (Å²) >= 11 is 3.11. The fraction of sp³-hybridized carbons (Fsp3) is 0.462. The van der Waals surface area contributed by atoms with E-state index in [1.807, 2.05) is 41.1 Å². The van der Waals surface area contributed by atoms with Crippen molar-refractivity contribution in [2.45, 2.75) is 39.2 Å². The highest BCUT2D eigenvalue weighted by Gasteiger charge is 2.39. The predicted octanol–water partition coefficient (Wildman–Crippen LogP) is 5.32. The molecule has 1 amide bonds. The highest BCUT2D eigenvalue weighted by Crippen LogP contribution is 2.43. The Morgan fingerprint density at radius 3 is 2.74 bits per heavy atom. The van der Waals surface area contributed by atoms with E-state index in [2.05, 4.69) is 27.0 Å². The number of thiazole rings is 1. The van der Waals surface area contributed by atoms with E-state index < -0.39 is 0 Å². The zero-order chi connectivity index (χ0) is 23.5. The lowest BCUT2D eigenvalue weighted by atomic mass is 9.72. The minimum Gasteiger partial charge on any atom is -0.392 e. The second kappa shape index (κ2) is 10.2. The summed E-state index contributed by atoms with van der Waals surface area (Å²) in [6.45, 7) is 7.54. The van der Waals surface area contributed by atoms with Crippen molar-refractivity contribution in [1.82, 2.24) is 9.88 Å². The normalized spacial score (nSPS) is 18.4. The first-order chi connectivity index (χ1) is 16.6. The molecule has 34 heavy (non-hydrogen) atoms. The number of carbonyl (C=O) groups is 1. The average molecular weight is 497 g/mol. The molecule has 2 saturated heterocycles. The van der Waals surface area contributed by atoms with Crippen molar-refractivity contribution in [3.8, 4) is 9.88 Å². The second-order valence-electron chi connectivity index (χ2n) is 9.40. The standard InChI is InChI=1S/C26H32N4O2S2/c1-2-29-13-10-26(11-14-29)9-5-12-30(18-26)23-19(16-31)6-3-7-20(23)27-24(32)21-17-34-25(28-21)22-8-4-15-33-22/h3-4,6-8,15,17,31H,2,5,9-14,16,18H2,1H3,(H,27,32). The van der Waals surface area contributed by atoms with E-state index in [1.54, 1.807) is 11.3 Å². The van der Waals surface area contributed by atoms with E-state index in [4.69, 9.17) is 0 Å². The number of aromatic nitrogens is 1. The van der Waals surface area contributed by atoms with Gasteiger partial charge in [0, 0.05) is 24.0 Å². The van der Waals surface area contributed by atoms with Crippen molar-refractivity contribution in [1.29, 1.82) is 0 Å². The van der Waals surface area contributed by atoms with Gasteiger partial charge in [0.1, 0.15) is 10.7 Å². The molecule has 0 atom stereocenters. The van der Waals surface area contributed by atoms with E-state index in [9.17, 15) is 9.90 Å². The zero-order valence-electron chi connectivity index (χ0n) is 19.6. The molecule has 5 rings (SSSR count). The molecule has 1 aromatic carbocycles. The third-order valence-electron chi connectivity index (χ3n) is 7.35. The lowest BCUT2D eigenvalue weighted by Crippen LogP contribution is -2.50. The van der Waals surface area contributed by atoms with Gasteiger partial charge in [0.25, 0.3) is 5.91 Å². The van der Waals surface area contributed by atoms with Crippen LogP contribution in [-0.4, -0.2) is 53.6 Å². The minimum atomic E-state index is -0.210. The van der Waals surface area contributed by atoms with Crippen molar-refractivity contribution in [2.75, 3.05) is 42.9 Å². The van der Waals surface area contributed by atoms with Crippen LogP contribution in [0.15, 0.2) is 41.1 Å². The molecule has 6 nitrogen and oxygen atoms in total. The number of hydrogen-bond acceptors (Lipinski definition) is 7. The summed E-state index contributed by atoms with van der Waals surface area (Å²) in [5, 5.41) is 18.0. The van der Waals surface area contributed by atoms with E-state index in [1.165, 1.54) is 30.6 Å². The van der Waals surface area contributed by atoms with Crippen molar-refractivity contribution < 1.29 is 9.90 Å². The number of carbonyl (C=O) groups excluding carboxylic acids is 1. The summed E-state index contributed by atoms with van der Waals surface area (Å²) in [5.41, 5.74) is 3.32. The number of likely N-dealkylation sites (tertiary alicyclic amines) is 1. The first kappa shape index (κ1) is 23.5. The molecule has 0 unspecified atom stereocenters. The third kappa shape index (κ3) is 4.77. The monoisotopic (exact) mass is 496 g/mol. The summed E-state index contributed by atoms with van der Waals surface area (Å²) in [5.74, 6) is -0.210. The van der Waals surface area contributed by atoms with Crippen LogP contribution in [0.25, 0.3) is 9.88 Å². The fourth-order valence-electron chi connectivity index (χ4n) is 5.42. The molecule has 8 heteroatoms. The number of nitrogens with zero attached hydrogens (tertiary/aromatic N) is 3. The second-order valence-corrected chi connectivity index (χ2v) is 11.2. The summed E-state index contributed by atoms with van der Waals surface area (Å²) in [4.78, 5) is 23.7. The Morgan fingerprint density at radius 1 is 1.15 bits per heavy atom. The molecule has 0 bridgehead atoms. The molecule has 0 saturated carbocycles. The predicted molar refractivity (Wildman–Crippen MR) is 141 cm³/mol. The van der Waals surface area contributed by atoms with Crippen LogP contribution in [0.4, 0.5) is 11.4 Å². The number of nitrogens with one attached hydrogen (secondary N) is 1. The van der Waals surface area contributed by atoms with Crippen LogP contribution < -0.4 is 10.2 Å². The number of rotatable bonds is 6. The maximum atomic E-state index is 13.1. The molecule has 2 aliphatic rings. The van der Waals surface area contributed by atoms with Gasteiger partial charge in [-0.2, -0.15) is 0 Å². The Balaban J connectivity index is 1.38. The van der Waals surface area contributed by atoms with Gasteiger partial charge in [-0.05, 0) is 68.2 Å². The maximum absolute atomic E-state index is 13.1. The largest absolute Gasteiger partial charge is 0.392 e. The van der Waals surface area contributed by atoms with Crippen molar-refractivity contribution >= 4 is 40.0 Å². The molecular weight excluding hydrogens is 464 g/mol. The lowest BCUT2D eigenvalue weighted by molar-refractivity contribution is 0.0913. The van der Waals surface area contributed by atoms with E-state index in [0.29, 0.717) is 11.1 Å². The molecule has 2 fully saturated rings. The smallest absolute Gasteiger partial charge is 0.275 e. The van der Waals surface area contributed by atoms with E-state index in [0.717, 1.165) is 66.0 Å². The number of amides is 1. The Kier molecular flexibility index (Phi) is 7.01. The van der Waals surface area contributed by atoms with E-state index in [-0.39, 0.29) is 12.5 Å². The summed E-state index contributed by atoms with van der Waals surface area (Å²) in [6.07, 6.45) is 4.82. The van der Waals surface area contributed by atoms with Crippen LogP contribution in [0, 0.1) is 5.41 Å². The molecule has 180 valence electrons. The number of para-hydroxylation sites is 1. The third-order valence-corrected chi connectivity index (χ3v) is 9.23. The molecule has 2 aromatic heterocycles. The number of piperidine rings is 2. The van der Waals surface area contributed by atoms with Gasteiger partial charge in [0.15, 0.2) is 0 Å². The molecule has 1 spiro atoms. The Hall–Kier alpha value is -2.26. The molecule has 4 heterocycles. The minimum absolute atomic E-state index is 0.0502. The van der Waals surface area contributed by atoms with Gasteiger partial charge in [-0.15, -0.1) is 22.7 Å². The van der Waals surface area contributed by atoms with Crippen LogP contribution in [-0.2, 0) is 6.61 Å².